The van der Waals surface area contributed by atoms with E-state index in [2.05, 4.69) is 0 Å². The van der Waals surface area contributed by atoms with Crippen LogP contribution in [0.1, 0.15) is 17.3 Å². The first-order valence-electron chi connectivity index (χ1n) is 5.51. The van der Waals surface area contributed by atoms with Crippen LogP contribution in [-0.4, -0.2) is 46.8 Å². The van der Waals surface area contributed by atoms with Crippen LogP contribution >= 0.6 is 0 Å². The number of phenolic OH excluding ortho intramolecular Hbond substituents is 2. The first kappa shape index (κ1) is 11.7. The Kier molecular flexibility index (Phi) is 3.19. The van der Waals surface area contributed by atoms with E-state index >= 15 is 0 Å². The normalized spacial score (nSPS) is 20.3. The Labute approximate surface area is 99.2 Å². The van der Waals surface area contributed by atoms with Gasteiger partial charge in [0.2, 0.25) is 0 Å². The van der Waals surface area contributed by atoms with Crippen molar-refractivity contribution in [1.82, 2.24) is 4.90 Å². The monoisotopic (exact) mass is 237 g/mol. The maximum atomic E-state index is 12.1. The summed E-state index contributed by atoms with van der Waals surface area (Å²) in [5.74, 6) is -0.928. The first-order valence-corrected chi connectivity index (χ1v) is 5.51. The van der Waals surface area contributed by atoms with Crippen LogP contribution in [0, 0.1) is 0 Å². The van der Waals surface area contributed by atoms with E-state index in [9.17, 15) is 15.0 Å². The molecular formula is C12H15NO4. The number of hydrogen-bond donors (Lipinski definition) is 2. The number of rotatable bonds is 1. The van der Waals surface area contributed by atoms with Gasteiger partial charge in [-0.15, -0.1) is 0 Å². The SMILES string of the molecule is CC1CN(C(=O)c2cccc(O)c2O)CCO1. The van der Waals surface area contributed by atoms with Crippen molar-refractivity contribution in [2.45, 2.75) is 13.0 Å². The second-order valence-electron chi connectivity index (χ2n) is 4.11. The van der Waals surface area contributed by atoms with Crippen LogP contribution in [0.15, 0.2) is 18.2 Å². The molecule has 1 unspecified atom stereocenters. The molecule has 1 aromatic carbocycles. The zero-order valence-electron chi connectivity index (χ0n) is 9.59. The lowest BCUT2D eigenvalue weighted by atomic mass is 10.1. The Bertz CT molecular complexity index is 433. The number of carbonyl (C=O) groups is 1. The van der Waals surface area contributed by atoms with Crippen molar-refractivity contribution in [1.29, 1.82) is 0 Å². The minimum absolute atomic E-state index is 0.00727. The molecule has 0 aromatic heterocycles. The predicted molar refractivity (Wildman–Crippen MR) is 61.1 cm³/mol. The summed E-state index contributed by atoms with van der Waals surface area (Å²) in [6, 6.07) is 4.37. The molecule has 0 spiro atoms. The zero-order chi connectivity index (χ0) is 12.4. The molecule has 2 N–H and O–H groups in total. The van der Waals surface area contributed by atoms with E-state index in [4.69, 9.17) is 4.74 Å². The van der Waals surface area contributed by atoms with Crippen LogP contribution in [0.25, 0.3) is 0 Å². The van der Waals surface area contributed by atoms with Gasteiger partial charge in [0, 0.05) is 13.1 Å². The Morgan fingerprint density at radius 1 is 1.47 bits per heavy atom. The second-order valence-corrected chi connectivity index (χ2v) is 4.11. The van der Waals surface area contributed by atoms with E-state index in [1.807, 2.05) is 6.92 Å². The van der Waals surface area contributed by atoms with Crippen LogP contribution < -0.4 is 0 Å². The van der Waals surface area contributed by atoms with Crippen LogP contribution in [0.5, 0.6) is 11.5 Å². The van der Waals surface area contributed by atoms with Gasteiger partial charge in [-0.1, -0.05) is 6.07 Å². The third-order valence-corrected chi connectivity index (χ3v) is 2.77. The fourth-order valence-electron chi connectivity index (χ4n) is 1.88. The standard InChI is InChI=1S/C12H15NO4/c1-8-7-13(5-6-17-8)12(16)9-3-2-4-10(14)11(9)15/h2-4,8,14-15H,5-7H2,1H3. The van der Waals surface area contributed by atoms with Gasteiger partial charge in [0.1, 0.15) is 0 Å². The number of phenols is 2. The van der Waals surface area contributed by atoms with Crippen molar-refractivity contribution >= 4 is 5.91 Å². The fraction of sp³-hybridized carbons (Fsp3) is 0.417. The van der Waals surface area contributed by atoms with E-state index in [0.29, 0.717) is 19.7 Å². The Morgan fingerprint density at radius 3 is 2.94 bits per heavy atom. The summed E-state index contributed by atoms with van der Waals surface area (Å²) in [5.41, 5.74) is 0.124. The topological polar surface area (TPSA) is 70.0 Å². The number of para-hydroxylation sites is 1. The molecular weight excluding hydrogens is 222 g/mol. The summed E-state index contributed by atoms with van der Waals surface area (Å²) in [7, 11) is 0. The summed E-state index contributed by atoms with van der Waals surface area (Å²) >= 11 is 0. The number of carbonyl (C=O) groups excluding carboxylic acids is 1. The number of hydrogen-bond acceptors (Lipinski definition) is 4. The fourth-order valence-corrected chi connectivity index (χ4v) is 1.88. The smallest absolute Gasteiger partial charge is 0.257 e. The molecule has 2 rings (SSSR count). The van der Waals surface area contributed by atoms with Crippen molar-refractivity contribution in [2.24, 2.45) is 0 Å². The highest BCUT2D eigenvalue weighted by Gasteiger charge is 2.24. The molecule has 1 aromatic rings. The van der Waals surface area contributed by atoms with Gasteiger partial charge in [-0.25, -0.2) is 0 Å². The molecule has 0 bridgehead atoms. The molecule has 1 heterocycles. The van der Waals surface area contributed by atoms with E-state index in [1.54, 1.807) is 4.90 Å². The quantitative estimate of drug-likeness (QED) is 0.714. The molecule has 5 heteroatoms. The van der Waals surface area contributed by atoms with Gasteiger partial charge in [-0.2, -0.15) is 0 Å². The third kappa shape index (κ3) is 2.34. The lowest BCUT2D eigenvalue weighted by Crippen LogP contribution is -2.44. The maximum absolute atomic E-state index is 12.1. The van der Waals surface area contributed by atoms with Crippen LogP contribution in [0.4, 0.5) is 0 Å². The van der Waals surface area contributed by atoms with Crippen molar-refractivity contribution in [3.63, 3.8) is 0 Å². The largest absolute Gasteiger partial charge is 0.504 e. The second kappa shape index (κ2) is 4.63. The average molecular weight is 237 g/mol. The molecule has 1 aliphatic rings. The number of benzene rings is 1. The Hall–Kier alpha value is -1.75. The molecule has 1 atom stereocenters. The molecule has 17 heavy (non-hydrogen) atoms. The molecule has 0 radical (unpaired) electrons. The lowest BCUT2D eigenvalue weighted by molar-refractivity contribution is -0.0125. The average Bonchev–Trinajstić information content (AvgIpc) is 2.32. The Morgan fingerprint density at radius 2 is 2.24 bits per heavy atom. The van der Waals surface area contributed by atoms with Gasteiger partial charge in [0.15, 0.2) is 11.5 Å². The number of nitrogens with zero attached hydrogens (tertiary/aromatic N) is 1. The Balaban J connectivity index is 2.22. The zero-order valence-corrected chi connectivity index (χ0v) is 9.59. The predicted octanol–water partition coefficient (Wildman–Crippen LogP) is 0.959. The van der Waals surface area contributed by atoms with E-state index < -0.39 is 0 Å². The molecule has 5 nitrogen and oxygen atoms in total. The summed E-state index contributed by atoms with van der Waals surface area (Å²) in [5, 5.41) is 19.0. The molecule has 1 aliphatic heterocycles. The number of amides is 1. The highest BCUT2D eigenvalue weighted by atomic mass is 16.5. The summed E-state index contributed by atoms with van der Waals surface area (Å²) in [4.78, 5) is 13.7. The first-order chi connectivity index (χ1) is 8.09. The van der Waals surface area contributed by atoms with Crippen LogP contribution in [0.3, 0.4) is 0 Å². The highest BCUT2D eigenvalue weighted by Crippen LogP contribution is 2.29. The van der Waals surface area contributed by atoms with Gasteiger partial charge in [0.05, 0.1) is 18.3 Å². The van der Waals surface area contributed by atoms with E-state index in [1.165, 1.54) is 18.2 Å². The molecule has 0 saturated carbocycles. The van der Waals surface area contributed by atoms with Crippen molar-refractivity contribution in [3.05, 3.63) is 23.8 Å². The maximum Gasteiger partial charge on any atom is 0.257 e. The van der Waals surface area contributed by atoms with Gasteiger partial charge in [-0.3, -0.25) is 4.79 Å². The van der Waals surface area contributed by atoms with Gasteiger partial charge in [-0.05, 0) is 19.1 Å². The minimum Gasteiger partial charge on any atom is -0.504 e. The van der Waals surface area contributed by atoms with Gasteiger partial charge in [0.25, 0.3) is 5.91 Å². The molecule has 0 aliphatic carbocycles. The van der Waals surface area contributed by atoms with E-state index in [0.717, 1.165) is 0 Å². The van der Waals surface area contributed by atoms with Crippen molar-refractivity contribution in [2.75, 3.05) is 19.7 Å². The summed E-state index contributed by atoms with van der Waals surface area (Å²) in [6.45, 7) is 3.38. The summed E-state index contributed by atoms with van der Waals surface area (Å²) in [6.07, 6.45) is -0.00727. The highest BCUT2D eigenvalue weighted by molar-refractivity contribution is 5.97. The molecule has 1 saturated heterocycles. The summed E-state index contributed by atoms with van der Waals surface area (Å²) < 4.78 is 5.34. The van der Waals surface area contributed by atoms with E-state index in [-0.39, 0.29) is 29.1 Å². The lowest BCUT2D eigenvalue weighted by Gasteiger charge is -2.31. The van der Waals surface area contributed by atoms with Crippen molar-refractivity contribution < 1.29 is 19.7 Å². The van der Waals surface area contributed by atoms with Crippen molar-refractivity contribution in [3.8, 4) is 11.5 Å². The minimum atomic E-state index is -0.364. The molecule has 92 valence electrons. The molecule has 1 amide bonds. The van der Waals surface area contributed by atoms with Crippen LogP contribution in [0.2, 0.25) is 0 Å². The van der Waals surface area contributed by atoms with Gasteiger partial charge < -0.3 is 19.8 Å². The number of morpholine rings is 1. The third-order valence-electron chi connectivity index (χ3n) is 2.77. The van der Waals surface area contributed by atoms with Crippen LogP contribution in [-0.2, 0) is 4.74 Å². The molecule has 1 fully saturated rings. The number of ether oxygens (including phenoxy) is 1. The van der Waals surface area contributed by atoms with Gasteiger partial charge >= 0.3 is 0 Å². The number of aromatic hydroxyl groups is 2.